The van der Waals surface area contributed by atoms with Gasteiger partial charge >= 0.3 is 0 Å². The molecule has 0 spiro atoms. The van der Waals surface area contributed by atoms with Gasteiger partial charge in [0.05, 0.1) is 37.1 Å². The molecule has 6 rings (SSSR count). The van der Waals surface area contributed by atoms with Gasteiger partial charge in [-0.2, -0.15) is 0 Å². The summed E-state index contributed by atoms with van der Waals surface area (Å²) in [6.07, 6.45) is 2.58. The molecule has 0 aliphatic carbocycles. The summed E-state index contributed by atoms with van der Waals surface area (Å²) in [5.74, 6) is 0.736. The summed E-state index contributed by atoms with van der Waals surface area (Å²) in [4.78, 5) is 20.9. The van der Waals surface area contributed by atoms with Crippen LogP contribution in [-0.2, 0) is 13.0 Å². The molecule has 1 aliphatic rings. The quantitative estimate of drug-likeness (QED) is 0.316. The summed E-state index contributed by atoms with van der Waals surface area (Å²) in [5.41, 5.74) is 5.45. The van der Waals surface area contributed by atoms with E-state index in [4.69, 9.17) is 9.72 Å². The number of piperazine rings is 1. The maximum absolute atomic E-state index is 14.2. The number of benzene rings is 4. The maximum atomic E-state index is 14.2. The highest BCUT2D eigenvalue weighted by Gasteiger charge is 2.33. The molecular formula is C34H33N4O2+. The molecule has 6 nitrogen and oxygen atoms in total. The molecule has 2 N–H and O–H groups in total. The first-order valence-electron chi connectivity index (χ1n) is 13.8. The third-order valence-corrected chi connectivity index (χ3v) is 7.39. The van der Waals surface area contributed by atoms with Gasteiger partial charge in [0, 0.05) is 11.6 Å². The number of amides is 1. The Morgan fingerprint density at radius 2 is 1.55 bits per heavy atom. The lowest BCUT2D eigenvalue weighted by atomic mass is 10.0. The second-order valence-electron chi connectivity index (χ2n) is 10.1. The molecule has 0 radical (unpaired) electrons. The molecule has 5 aromatic rings. The van der Waals surface area contributed by atoms with Crippen molar-refractivity contribution in [2.75, 3.05) is 19.6 Å². The van der Waals surface area contributed by atoms with Crippen LogP contribution in [0.1, 0.15) is 21.6 Å². The van der Waals surface area contributed by atoms with E-state index in [1.807, 2.05) is 88.3 Å². The summed E-state index contributed by atoms with van der Waals surface area (Å²) >= 11 is 0. The van der Waals surface area contributed by atoms with Crippen LogP contribution >= 0.6 is 0 Å². The molecule has 4 aromatic carbocycles. The minimum atomic E-state index is -0.0249. The summed E-state index contributed by atoms with van der Waals surface area (Å²) in [5, 5.41) is 2.30. The Kier molecular flexibility index (Phi) is 7.69. The molecule has 1 saturated heterocycles. The van der Waals surface area contributed by atoms with Gasteiger partial charge in [-0.1, -0.05) is 97.1 Å². The van der Waals surface area contributed by atoms with Crippen molar-refractivity contribution >= 4 is 5.91 Å². The summed E-state index contributed by atoms with van der Waals surface area (Å²) in [6.45, 7) is 2.94. The van der Waals surface area contributed by atoms with Gasteiger partial charge in [-0.25, -0.2) is 4.98 Å². The second kappa shape index (κ2) is 12.0. The van der Waals surface area contributed by atoms with Gasteiger partial charge in [-0.15, -0.1) is 0 Å². The predicted molar refractivity (Wildman–Crippen MR) is 156 cm³/mol. The lowest BCUT2D eigenvalue weighted by molar-refractivity contribution is -0.667. The number of carbonyl (C=O) groups is 1. The Hall–Kier alpha value is -4.68. The van der Waals surface area contributed by atoms with Gasteiger partial charge in [0.25, 0.3) is 5.91 Å². The molecule has 1 amide bonds. The maximum Gasteiger partial charge on any atom is 0.275 e. The Labute approximate surface area is 234 Å². The highest BCUT2D eigenvalue weighted by atomic mass is 16.5. The van der Waals surface area contributed by atoms with Crippen LogP contribution in [0.5, 0.6) is 5.75 Å². The van der Waals surface area contributed by atoms with Gasteiger partial charge in [0.2, 0.25) is 0 Å². The normalized spacial score (nSPS) is 15.1. The first-order valence-corrected chi connectivity index (χ1v) is 13.8. The van der Waals surface area contributed by atoms with Gasteiger partial charge in [0.15, 0.2) is 5.69 Å². The molecule has 40 heavy (non-hydrogen) atoms. The van der Waals surface area contributed by atoms with Crippen LogP contribution in [0.15, 0.2) is 122 Å². The van der Waals surface area contributed by atoms with Crippen LogP contribution in [0.4, 0.5) is 0 Å². The van der Waals surface area contributed by atoms with E-state index >= 15 is 0 Å². The number of imidazole rings is 1. The average molecular weight is 530 g/mol. The molecule has 6 heteroatoms. The van der Waals surface area contributed by atoms with Gasteiger partial charge in [-0.05, 0) is 29.7 Å². The number of hydrogen-bond donors (Lipinski definition) is 1. The van der Waals surface area contributed by atoms with Crippen molar-refractivity contribution in [2.45, 2.75) is 19.1 Å². The zero-order chi connectivity index (χ0) is 27.1. The Morgan fingerprint density at radius 1 is 0.850 bits per heavy atom. The van der Waals surface area contributed by atoms with Crippen LogP contribution in [0, 0.1) is 0 Å². The second-order valence-corrected chi connectivity index (χ2v) is 10.1. The first-order chi connectivity index (χ1) is 19.8. The van der Waals surface area contributed by atoms with E-state index in [9.17, 15) is 4.79 Å². The number of hydrogen-bond acceptors (Lipinski definition) is 3. The van der Waals surface area contributed by atoms with Crippen molar-refractivity contribution < 1.29 is 14.8 Å². The molecule has 1 atom stereocenters. The SMILES string of the molecule is O=C(c1ncn(-c2cccc(OCc3ccccc3)c2)c1-c1ccccc1)N1CC[NH2+]C[C@H]1Cc1ccccc1. The van der Waals surface area contributed by atoms with Crippen LogP contribution in [0.2, 0.25) is 0 Å². The van der Waals surface area contributed by atoms with Crippen molar-refractivity contribution in [3.8, 4) is 22.7 Å². The minimum Gasteiger partial charge on any atom is -0.489 e. The van der Waals surface area contributed by atoms with Crippen LogP contribution < -0.4 is 10.1 Å². The van der Waals surface area contributed by atoms with Crippen LogP contribution in [-0.4, -0.2) is 46.0 Å². The largest absolute Gasteiger partial charge is 0.489 e. The fourth-order valence-corrected chi connectivity index (χ4v) is 5.37. The minimum absolute atomic E-state index is 0.0249. The molecule has 2 heterocycles. The van der Waals surface area contributed by atoms with E-state index in [1.54, 1.807) is 6.33 Å². The monoisotopic (exact) mass is 529 g/mol. The summed E-state index contributed by atoms with van der Waals surface area (Å²) in [7, 11) is 0. The molecule has 1 aromatic heterocycles. The van der Waals surface area contributed by atoms with Crippen molar-refractivity contribution in [1.82, 2.24) is 14.5 Å². The summed E-state index contributed by atoms with van der Waals surface area (Å²) < 4.78 is 8.11. The van der Waals surface area contributed by atoms with E-state index in [-0.39, 0.29) is 11.9 Å². The molecular weight excluding hydrogens is 496 g/mol. The van der Waals surface area contributed by atoms with Crippen molar-refractivity contribution in [1.29, 1.82) is 0 Å². The molecule has 0 unspecified atom stereocenters. The van der Waals surface area contributed by atoms with Crippen LogP contribution in [0.3, 0.4) is 0 Å². The van der Waals surface area contributed by atoms with Crippen molar-refractivity contribution in [3.63, 3.8) is 0 Å². The van der Waals surface area contributed by atoms with E-state index in [2.05, 4.69) is 41.7 Å². The topological polar surface area (TPSA) is 64.0 Å². The standard InChI is InChI=1S/C34H32N4O2/c39-34(37-20-19-35-23-30(37)21-26-11-4-1-5-12-26)32-33(28-15-8-3-9-16-28)38(25-36-32)29-17-10-18-31(22-29)40-24-27-13-6-2-7-14-27/h1-18,22,25,30,35H,19-21,23-24H2/p+1/t30-/m1/s1. The fourth-order valence-electron chi connectivity index (χ4n) is 5.37. The van der Waals surface area contributed by atoms with Crippen LogP contribution in [0.25, 0.3) is 16.9 Å². The third-order valence-electron chi connectivity index (χ3n) is 7.39. The molecule has 1 aliphatic heterocycles. The van der Waals surface area contributed by atoms with Gasteiger partial charge in [0.1, 0.15) is 18.7 Å². The number of rotatable bonds is 8. The number of quaternary nitrogens is 1. The zero-order valence-electron chi connectivity index (χ0n) is 22.4. The third kappa shape index (κ3) is 5.67. The number of nitrogens with zero attached hydrogens (tertiary/aromatic N) is 3. The molecule has 200 valence electrons. The lowest BCUT2D eigenvalue weighted by Gasteiger charge is -2.34. The number of aromatic nitrogens is 2. The highest BCUT2D eigenvalue weighted by Crippen LogP contribution is 2.29. The molecule has 0 bridgehead atoms. The van der Waals surface area contributed by atoms with Gasteiger partial charge < -0.3 is 15.0 Å². The summed E-state index contributed by atoms with van der Waals surface area (Å²) in [6, 6.07) is 38.6. The van der Waals surface area contributed by atoms with E-state index in [0.29, 0.717) is 18.8 Å². The Balaban J connectivity index is 1.33. The fraction of sp³-hybridized carbons (Fsp3) is 0.176. The van der Waals surface area contributed by atoms with Crippen molar-refractivity contribution in [3.05, 3.63) is 138 Å². The molecule has 1 fully saturated rings. The van der Waals surface area contributed by atoms with E-state index < -0.39 is 0 Å². The first kappa shape index (κ1) is 25.6. The number of nitrogens with two attached hydrogens (primary N) is 1. The number of carbonyl (C=O) groups excluding carboxylic acids is 1. The highest BCUT2D eigenvalue weighted by molar-refractivity contribution is 5.99. The lowest BCUT2D eigenvalue weighted by Crippen LogP contribution is -2.92. The van der Waals surface area contributed by atoms with Gasteiger partial charge in [-0.3, -0.25) is 9.36 Å². The van der Waals surface area contributed by atoms with E-state index in [1.165, 1.54) is 5.56 Å². The average Bonchev–Trinajstić information content (AvgIpc) is 3.47. The van der Waals surface area contributed by atoms with Crippen molar-refractivity contribution in [2.24, 2.45) is 0 Å². The predicted octanol–water partition coefficient (Wildman–Crippen LogP) is 4.75. The number of ether oxygens (including phenoxy) is 1. The zero-order valence-corrected chi connectivity index (χ0v) is 22.4. The molecule has 0 saturated carbocycles. The smallest absolute Gasteiger partial charge is 0.275 e. The van der Waals surface area contributed by atoms with E-state index in [0.717, 1.165) is 47.8 Å². The Morgan fingerprint density at radius 3 is 2.30 bits per heavy atom. The Bertz CT molecular complexity index is 1550.